The van der Waals surface area contributed by atoms with Crippen molar-refractivity contribution in [1.82, 2.24) is 0 Å². The van der Waals surface area contributed by atoms with Crippen LogP contribution in [0, 0.1) is 0 Å². The van der Waals surface area contributed by atoms with Crippen LogP contribution in [-0.4, -0.2) is 13.3 Å². The van der Waals surface area contributed by atoms with Gasteiger partial charge in [-0.15, -0.1) is 0 Å². The summed E-state index contributed by atoms with van der Waals surface area (Å²) < 4.78 is 0. The molecule has 0 saturated heterocycles. The van der Waals surface area contributed by atoms with Gasteiger partial charge in [0.1, 0.15) is 6.61 Å². The quantitative estimate of drug-likeness (QED) is 0.296. The van der Waals surface area contributed by atoms with Crippen molar-refractivity contribution in [2.45, 2.75) is 19.8 Å². The van der Waals surface area contributed by atoms with Gasteiger partial charge in [0.15, 0.2) is 0 Å². The molecule has 0 N–H and O–H groups in total. The SMILES string of the molecule is [CH]=NOCCCC. The Morgan fingerprint density at radius 2 is 2.43 bits per heavy atom. The lowest BCUT2D eigenvalue weighted by molar-refractivity contribution is 0.144. The Hall–Kier alpha value is -0.530. The standard InChI is InChI=1S/C5H10NO/c1-3-4-5-7-6-2/h2H,3-5H2,1H3. The molecule has 0 amide bonds. The summed E-state index contributed by atoms with van der Waals surface area (Å²) in [5, 5.41) is 2.97. The van der Waals surface area contributed by atoms with Gasteiger partial charge in [0.2, 0.25) is 0 Å². The van der Waals surface area contributed by atoms with E-state index in [2.05, 4.69) is 23.6 Å². The maximum atomic E-state index is 4.67. The van der Waals surface area contributed by atoms with E-state index in [1.807, 2.05) is 0 Å². The average molecular weight is 100 g/mol. The molecule has 0 aromatic rings. The first-order valence-corrected chi connectivity index (χ1v) is 2.44. The lowest BCUT2D eigenvalue weighted by Crippen LogP contribution is -1.83. The topological polar surface area (TPSA) is 21.6 Å². The maximum absolute atomic E-state index is 4.67. The fourth-order valence-electron chi connectivity index (χ4n) is 0.262. The molecule has 2 heteroatoms. The summed E-state index contributed by atoms with van der Waals surface area (Å²) in [5.74, 6) is 0. The van der Waals surface area contributed by atoms with Crippen LogP contribution < -0.4 is 0 Å². The first-order chi connectivity index (χ1) is 3.41. The first-order valence-electron chi connectivity index (χ1n) is 2.44. The zero-order valence-electron chi connectivity index (χ0n) is 4.55. The molecule has 7 heavy (non-hydrogen) atoms. The lowest BCUT2D eigenvalue weighted by Gasteiger charge is -1.91. The van der Waals surface area contributed by atoms with Crippen molar-refractivity contribution in [1.29, 1.82) is 0 Å². The second-order valence-electron chi connectivity index (χ2n) is 1.29. The van der Waals surface area contributed by atoms with Gasteiger partial charge in [-0.1, -0.05) is 18.5 Å². The van der Waals surface area contributed by atoms with Crippen molar-refractivity contribution in [2.75, 3.05) is 6.61 Å². The monoisotopic (exact) mass is 100 g/mol. The van der Waals surface area contributed by atoms with Crippen molar-refractivity contribution >= 4 is 6.72 Å². The Labute approximate surface area is 44.2 Å². The second kappa shape index (κ2) is 5.47. The molecule has 1 radical (unpaired) electrons. The van der Waals surface area contributed by atoms with Crippen LogP contribution in [0.1, 0.15) is 19.8 Å². The van der Waals surface area contributed by atoms with Crippen LogP contribution in [0.4, 0.5) is 0 Å². The molecule has 0 aromatic heterocycles. The van der Waals surface area contributed by atoms with Gasteiger partial charge < -0.3 is 4.84 Å². The highest BCUT2D eigenvalue weighted by atomic mass is 16.6. The van der Waals surface area contributed by atoms with Crippen LogP contribution in [0.5, 0.6) is 0 Å². The molecule has 0 atom stereocenters. The molecule has 0 heterocycles. The summed E-state index contributed by atoms with van der Waals surface area (Å²) in [7, 11) is 0. The van der Waals surface area contributed by atoms with Crippen molar-refractivity contribution in [3.63, 3.8) is 0 Å². The summed E-state index contributed by atoms with van der Waals surface area (Å²) in [6.45, 7) is 7.40. The molecular formula is C5H10NO. The second-order valence-corrected chi connectivity index (χ2v) is 1.29. The Morgan fingerprint density at radius 3 is 2.86 bits per heavy atom. The average Bonchev–Trinajstić information content (AvgIpc) is 1.69. The van der Waals surface area contributed by atoms with Crippen LogP contribution in [-0.2, 0) is 4.84 Å². The summed E-state index contributed by atoms with van der Waals surface area (Å²) in [6, 6.07) is 0. The highest BCUT2D eigenvalue weighted by Gasteiger charge is 1.77. The molecule has 0 aromatic carbocycles. The van der Waals surface area contributed by atoms with E-state index >= 15 is 0 Å². The minimum atomic E-state index is 0.646. The molecule has 0 saturated carbocycles. The van der Waals surface area contributed by atoms with Gasteiger partial charge in [0, 0.05) is 0 Å². The van der Waals surface area contributed by atoms with Crippen molar-refractivity contribution < 1.29 is 4.84 Å². The van der Waals surface area contributed by atoms with E-state index in [4.69, 9.17) is 0 Å². The molecule has 0 fully saturated rings. The summed E-state index contributed by atoms with van der Waals surface area (Å²) in [4.78, 5) is 4.48. The van der Waals surface area contributed by atoms with Gasteiger partial charge in [0.25, 0.3) is 0 Å². The number of rotatable bonds is 4. The molecule has 41 valence electrons. The van der Waals surface area contributed by atoms with Crippen molar-refractivity contribution in [3.05, 3.63) is 0 Å². The predicted molar refractivity (Wildman–Crippen MR) is 29.4 cm³/mol. The highest BCUT2D eigenvalue weighted by Crippen LogP contribution is 1.85. The van der Waals surface area contributed by atoms with Gasteiger partial charge in [-0.3, -0.25) is 0 Å². The molecule has 0 unspecified atom stereocenters. The fourth-order valence-corrected chi connectivity index (χ4v) is 0.262. The molecule has 2 nitrogen and oxygen atoms in total. The van der Waals surface area contributed by atoms with E-state index < -0.39 is 0 Å². The third-order valence-electron chi connectivity index (χ3n) is 0.664. The molecule has 0 rings (SSSR count). The van der Waals surface area contributed by atoms with Gasteiger partial charge >= 0.3 is 0 Å². The lowest BCUT2D eigenvalue weighted by atomic mass is 10.4. The molecule has 0 bridgehead atoms. The number of hydrogen-bond donors (Lipinski definition) is 0. The van der Waals surface area contributed by atoms with Crippen molar-refractivity contribution in [3.8, 4) is 0 Å². The van der Waals surface area contributed by atoms with E-state index in [-0.39, 0.29) is 0 Å². The van der Waals surface area contributed by atoms with Gasteiger partial charge in [-0.05, 0) is 6.42 Å². The van der Waals surface area contributed by atoms with Crippen LogP contribution in [0.15, 0.2) is 5.16 Å². The van der Waals surface area contributed by atoms with Crippen LogP contribution in [0.25, 0.3) is 0 Å². The first kappa shape index (κ1) is 6.47. The zero-order chi connectivity index (χ0) is 5.54. The third-order valence-corrected chi connectivity index (χ3v) is 0.664. The zero-order valence-corrected chi connectivity index (χ0v) is 4.55. The van der Waals surface area contributed by atoms with E-state index in [1.54, 1.807) is 0 Å². The molecule has 0 spiro atoms. The van der Waals surface area contributed by atoms with E-state index in [0.717, 1.165) is 12.8 Å². The van der Waals surface area contributed by atoms with E-state index in [1.165, 1.54) is 0 Å². The molecule has 0 aliphatic carbocycles. The maximum Gasteiger partial charge on any atom is 0.117 e. The van der Waals surface area contributed by atoms with Crippen LogP contribution in [0.2, 0.25) is 0 Å². The summed E-state index contributed by atoms with van der Waals surface area (Å²) >= 11 is 0. The summed E-state index contributed by atoms with van der Waals surface area (Å²) in [5.41, 5.74) is 0. The normalized spacial score (nSPS) is 8.14. The van der Waals surface area contributed by atoms with Crippen molar-refractivity contribution in [2.24, 2.45) is 5.16 Å². The van der Waals surface area contributed by atoms with E-state index in [9.17, 15) is 0 Å². The van der Waals surface area contributed by atoms with Gasteiger partial charge in [-0.2, -0.15) is 0 Å². The molecular weight excluding hydrogens is 90.1 g/mol. The van der Waals surface area contributed by atoms with E-state index in [0.29, 0.717) is 6.61 Å². The Bertz CT molecular complexity index is 45.3. The van der Waals surface area contributed by atoms with Gasteiger partial charge in [-0.25, -0.2) is 0 Å². The highest BCUT2D eigenvalue weighted by molar-refractivity contribution is 5.21. The summed E-state index contributed by atoms with van der Waals surface area (Å²) in [6.07, 6.45) is 2.15. The third kappa shape index (κ3) is 5.47. The Morgan fingerprint density at radius 1 is 1.71 bits per heavy atom. The minimum absolute atomic E-state index is 0.646. The minimum Gasteiger partial charge on any atom is -0.396 e. The smallest absolute Gasteiger partial charge is 0.117 e. The number of hydrogen-bond acceptors (Lipinski definition) is 2. The largest absolute Gasteiger partial charge is 0.396 e. The van der Waals surface area contributed by atoms with Gasteiger partial charge in [0.05, 0.1) is 6.72 Å². The Balaban J connectivity index is 2.56. The fraction of sp³-hybridized carbons (Fsp3) is 0.800. The number of nitrogens with zero attached hydrogens (tertiary/aromatic N) is 1. The Kier molecular flexibility index (Phi) is 5.06. The van der Waals surface area contributed by atoms with Crippen LogP contribution >= 0.6 is 0 Å². The number of unbranched alkanes of at least 4 members (excludes halogenated alkanes) is 1. The molecule has 0 aliphatic heterocycles. The predicted octanol–water partition coefficient (Wildman–Crippen LogP) is 1.30. The van der Waals surface area contributed by atoms with Crippen LogP contribution in [0.3, 0.4) is 0 Å². The molecule has 0 aliphatic rings.